The number of ether oxygens (including phenoxy) is 4. The number of fused-ring (bicyclic) bond motifs is 3. The summed E-state index contributed by atoms with van der Waals surface area (Å²) in [5.41, 5.74) is 0. The molecule has 1 amide bonds. The highest BCUT2D eigenvalue weighted by molar-refractivity contribution is 5.82. The smallest absolute Gasteiger partial charge is 0.263 e. The second kappa shape index (κ2) is 7.46. The fourth-order valence-electron chi connectivity index (χ4n) is 4.61. The minimum absolute atomic E-state index is 0.0370. The average molecular weight is 396 g/mol. The van der Waals surface area contributed by atoms with Gasteiger partial charge in [0, 0.05) is 37.2 Å². The highest BCUT2D eigenvalue weighted by Crippen LogP contribution is 2.39. The van der Waals surface area contributed by atoms with Crippen molar-refractivity contribution in [2.45, 2.75) is 56.9 Å². The molecule has 0 spiro atoms. The Kier molecular flexibility index (Phi) is 4.66. The molecule has 0 radical (unpaired) electrons. The third kappa shape index (κ3) is 3.57. The summed E-state index contributed by atoms with van der Waals surface area (Å²) in [6, 6.07) is 9.58. The number of aromatic nitrogens is 1. The van der Waals surface area contributed by atoms with E-state index in [1.165, 1.54) is 0 Å². The van der Waals surface area contributed by atoms with Gasteiger partial charge in [0.1, 0.15) is 17.6 Å². The molecule has 0 aliphatic carbocycles. The van der Waals surface area contributed by atoms with Crippen molar-refractivity contribution < 1.29 is 23.7 Å². The molecule has 0 N–H and O–H groups in total. The first-order valence-corrected chi connectivity index (χ1v) is 10.1. The van der Waals surface area contributed by atoms with Gasteiger partial charge in [0.05, 0.1) is 6.20 Å². The van der Waals surface area contributed by atoms with Crippen molar-refractivity contribution in [1.29, 1.82) is 0 Å². The molecule has 152 valence electrons. The maximum Gasteiger partial charge on any atom is 0.263 e. The van der Waals surface area contributed by atoms with E-state index in [0.29, 0.717) is 17.2 Å². The van der Waals surface area contributed by atoms with E-state index in [1.54, 1.807) is 30.6 Å². The molecule has 4 heterocycles. The third-order valence-corrected chi connectivity index (χ3v) is 5.89. The molecule has 3 aliphatic heterocycles. The normalized spacial score (nSPS) is 25.6. The Morgan fingerprint density at radius 2 is 1.93 bits per heavy atom. The maximum atomic E-state index is 13.2. The summed E-state index contributed by atoms with van der Waals surface area (Å²) >= 11 is 0. The molecular weight excluding hydrogens is 372 g/mol. The lowest BCUT2D eigenvalue weighted by Crippen LogP contribution is -2.52. The number of carbonyl (C=O) groups is 1. The zero-order valence-electron chi connectivity index (χ0n) is 16.3. The second-order valence-corrected chi connectivity index (χ2v) is 7.81. The van der Waals surface area contributed by atoms with Gasteiger partial charge in [-0.25, -0.2) is 0 Å². The van der Waals surface area contributed by atoms with Crippen molar-refractivity contribution in [2.75, 3.05) is 6.79 Å². The molecule has 7 nitrogen and oxygen atoms in total. The van der Waals surface area contributed by atoms with Crippen LogP contribution in [-0.2, 0) is 4.79 Å². The summed E-state index contributed by atoms with van der Waals surface area (Å²) in [5, 5.41) is 0. The molecule has 1 aromatic heterocycles. The molecule has 3 aliphatic rings. The molecule has 2 saturated heterocycles. The predicted octanol–water partition coefficient (Wildman–Crippen LogP) is 3.18. The maximum absolute atomic E-state index is 13.2. The summed E-state index contributed by atoms with van der Waals surface area (Å²) in [6.45, 7) is 2.03. The van der Waals surface area contributed by atoms with E-state index in [0.717, 1.165) is 31.4 Å². The lowest BCUT2D eigenvalue weighted by molar-refractivity contribution is -0.144. The Bertz CT molecular complexity index is 876. The number of rotatable bonds is 5. The monoisotopic (exact) mass is 396 g/mol. The van der Waals surface area contributed by atoms with Gasteiger partial charge in [-0.05, 0) is 44.0 Å². The van der Waals surface area contributed by atoms with Crippen LogP contribution >= 0.6 is 0 Å². The lowest BCUT2D eigenvalue weighted by atomic mass is 9.99. The number of piperidine rings is 1. The molecule has 1 aromatic carbocycles. The number of benzene rings is 1. The van der Waals surface area contributed by atoms with Crippen LogP contribution in [0, 0.1) is 0 Å². The van der Waals surface area contributed by atoms with E-state index in [1.807, 2.05) is 24.0 Å². The van der Waals surface area contributed by atoms with Gasteiger partial charge in [0.2, 0.25) is 6.79 Å². The van der Waals surface area contributed by atoms with Crippen LogP contribution in [0.3, 0.4) is 0 Å². The lowest BCUT2D eigenvalue weighted by Gasteiger charge is -2.40. The van der Waals surface area contributed by atoms with E-state index < -0.39 is 6.10 Å². The highest BCUT2D eigenvalue weighted by Gasteiger charge is 2.45. The summed E-state index contributed by atoms with van der Waals surface area (Å²) in [5.74, 6) is 2.78. The average Bonchev–Trinajstić information content (AvgIpc) is 3.30. The number of hydrogen-bond acceptors (Lipinski definition) is 6. The fourth-order valence-corrected chi connectivity index (χ4v) is 4.61. The van der Waals surface area contributed by atoms with Crippen LogP contribution in [-0.4, -0.2) is 46.9 Å². The van der Waals surface area contributed by atoms with E-state index in [4.69, 9.17) is 18.9 Å². The van der Waals surface area contributed by atoms with E-state index in [-0.39, 0.29) is 30.9 Å². The molecule has 2 fully saturated rings. The van der Waals surface area contributed by atoms with E-state index in [2.05, 4.69) is 4.98 Å². The summed E-state index contributed by atoms with van der Waals surface area (Å²) < 4.78 is 22.7. The first kappa shape index (κ1) is 18.1. The topological polar surface area (TPSA) is 70.1 Å². The largest absolute Gasteiger partial charge is 0.489 e. The third-order valence-electron chi connectivity index (χ3n) is 5.89. The Hall–Kier alpha value is -2.96. The Balaban J connectivity index is 1.22. The molecule has 5 rings (SSSR count). The van der Waals surface area contributed by atoms with Gasteiger partial charge in [-0.15, -0.1) is 0 Å². The quantitative estimate of drug-likeness (QED) is 0.773. The summed E-state index contributed by atoms with van der Waals surface area (Å²) in [4.78, 5) is 19.3. The summed E-state index contributed by atoms with van der Waals surface area (Å²) in [6.07, 6.45) is 6.74. The van der Waals surface area contributed by atoms with Gasteiger partial charge in [-0.1, -0.05) is 0 Å². The zero-order chi connectivity index (χ0) is 19.8. The van der Waals surface area contributed by atoms with Crippen LogP contribution in [0.25, 0.3) is 0 Å². The number of carbonyl (C=O) groups excluding carboxylic acids is 1. The highest BCUT2D eigenvalue weighted by atomic mass is 16.7. The molecular formula is C22H24N2O5. The van der Waals surface area contributed by atoms with Crippen LogP contribution < -0.4 is 18.9 Å². The molecule has 3 unspecified atom stereocenters. The Morgan fingerprint density at radius 3 is 2.69 bits per heavy atom. The Labute approximate surface area is 169 Å². The van der Waals surface area contributed by atoms with E-state index in [9.17, 15) is 4.79 Å². The van der Waals surface area contributed by atoms with Crippen LogP contribution in [0.1, 0.15) is 32.6 Å². The van der Waals surface area contributed by atoms with E-state index >= 15 is 0 Å². The van der Waals surface area contributed by atoms with Crippen molar-refractivity contribution >= 4 is 5.91 Å². The minimum atomic E-state index is -0.561. The van der Waals surface area contributed by atoms with Crippen LogP contribution in [0.5, 0.6) is 23.0 Å². The van der Waals surface area contributed by atoms with Crippen molar-refractivity contribution in [1.82, 2.24) is 9.88 Å². The minimum Gasteiger partial charge on any atom is -0.489 e. The number of pyridine rings is 1. The van der Waals surface area contributed by atoms with Gasteiger partial charge in [-0.2, -0.15) is 0 Å². The second-order valence-electron chi connectivity index (χ2n) is 7.81. The molecule has 0 saturated carbocycles. The SMILES string of the molecule is CC(Oc1ccc2c(c1)OCO2)C(=O)N1C2CCC1CC(Oc1cccnc1)C2. The van der Waals surface area contributed by atoms with Crippen molar-refractivity contribution in [3.8, 4) is 23.0 Å². The predicted molar refractivity (Wildman–Crippen MR) is 104 cm³/mol. The van der Waals surface area contributed by atoms with Gasteiger partial charge in [0.15, 0.2) is 17.6 Å². The molecule has 7 heteroatoms. The standard InChI is InChI=1S/C22H24N2O5/c1-14(28-17-6-7-20-21(11-17)27-13-26-20)22(25)24-15-4-5-16(24)10-19(9-15)29-18-3-2-8-23-12-18/h2-3,6-8,11-12,14-16,19H,4-5,9-10,13H2,1H3. The summed E-state index contributed by atoms with van der Waals surface area (Å²) in [7, 11) is 0. The fraction of sp³-hybridized carbons (Fsp3) is 0.455. The number of nitrogens with zero attached hydrogens (tertiary/aromatic N) is 2. The van der Waals surface area contributed by atoms with Crippen LogP contribution in [0.15, 0.2) is 42.7 Å². The molecule has 3 atom stereocenters. The van der Waals surface area contributed by atoms with Gasteiger partial charge < -0.3 is 23.8 Å². The first-order valence-electron chi connectivity index (χ1n) is 10.1. The van der Waals surface area contributed by atoms with Crippen molar-refractivity contribution in [3.63, 3.8) is 0 Å². The van der Waals surface area contributed by atoms with Gasteiger partial charge in [-0.3, -0.25) is 9.78 Å². The van der Waals surface area contributed by atoms with Gasteiger partial charge >= 0.3 is 0 Å². The van der Waals surface area contributed by atoms with Crippen LogP contribution in [0.2, 0.25) is 0 Å². The van der Waals surface area contributed by atoms with Gasteiger partial charge in [0.25, 0.3) is 5.91 Å². The number of amides is 1. The zero-order valence-corrected chi connectivity index (χ0v) is 16.3. The number of hydrogen-bond donors (Lipinski definition) is 0. The van der Waals surface area contributed by atoms with Crippen molar-refractivity contribution in [3.05, 3.63) is 42.7 Å². The Morgan fingerprint density at radius 1 is 1.14 bits per heavy atom. The molecule has 29 heavy (non-hydrogen) atoms. The molecule has 2 aromatic rings. The van der Waals surface area contributed by atoms with Crippen LogP contribution in [0.4, 0.5) is 0 Å². The molecule has 2 bridgehead atoms. The first-order chi connectivity index (χ1) is 14.2. The van der Waals surface area contributed by atoms with Crippen molar-refractivity contribution in [2.24, 2.45) is 0 Å².